The molecule has 0 atom stereocenters. The van der Waals surface area contributed by atoms with Crippen molar-refractivity contribution in [2.45, 2.75) is 20.5 Å². The van der Waals surface area contributed by atoms with Gasteiger partial charge in [-0.25, -0.2) is 4.68 Å². The maximum Gasteiger partial charge on any atom is 0.276 e. The van der Waals surface area contributed by atoms with Gasteiger partial charge in [0.05, 0.1) is 16.7 Å². The third-order valence-electron chi connectivity index (χ3n) is 5.56. The van der Waals surface area contributed by atoms with E-state index in [-0.39, 0.29) is 29.5 Å². The van der Waals surface area contributed by atoms with Gasteiger partial charge in [0, 0.05) is 23.9 Å². The van der Waals surface area contributed by atoms with Gasteiger partial charge in [-0.15, -0.1) is 15.0 Å². The molecule has 1 amide bonds. The lowest BCUT2D eigenvalue weighted by atomic mass is 10.1. The Kier molecular flexibility index (Phi) is 6.59. The SMILES string of the molecule is Cc1ccc(C)c(Oc2cc(NC(=O)c3ccn(Cn4nnc(-c5ccccc5)n4)n3)cc([N+](=O)[O-])c2)c1. The Morgan fingerprint density at radius 1 is 1.03 bits per heavy atom. The Morgan fingerprint density at radius 3 is 2.63 bits per heavy atom. The van der Waals surface area contributed by atoms with Crippen LogP contribution in [0.25, 0.3) is 11.4 Å². The van der Waals surface area contributed by atoms with Gasteiger partial charge in [0.25, 0.3) is 11.6 Å². The summed E-state index contributed by atoms with van der Waals surface area (Å²) in [5.74, 6) is 0.720. The number of hydrogen-bond donors (Lipinski definition) is 1. The van der Waals surface area contributed by atoms with E-state index in [1.165, 1.54) is 33.7 Å². The summed E-state index contributed by atoms with van der Waals surface area (Å²) in [6.45, 7) is 3.94. The van der Waals surface area contributed by atoms with Crippen LogP contribution in [0.2, 0.25) is 0 Å². The normalized spacial score (nSPS) is 10.8. The molecule has 0 radical (unpaired) electrons. The Hall–Kier alpha value is -5.39. The predicted octanol–water partition coefficient (Wildman–Crippen LogP) is 4.61. The molecule has 0 bridgehead atoms. The lowest BCUT2D eigenvalue weighted by molar-refractivity contribution is -0.384. The number of nitrogens with zero attached hydrogens (tertiary/aromatic N) is 7. The Balaban J connectivity index is 1.31. The van der Waals surface area contributed by atoms with Crippen molar-refractivity contribution >= 4 is 17.3 Å². The zero-order chi connectivity index (χ0) is 26.6. The van der Waals surface area contributed by atoms with E-state index in [4.69, 9.17) is 4.74 Å². The van der Waals surface area contributed by atoms with Gasteiger partial charge in [0.1, 0.15) is 11.5 Å². The maximum absolute atomic E-state index is 12.9. The Labute approximate surface area is 216 Å². The van der Waals surface area contributed by atoms with Crippen molar-refractivity contribution in [1.82, 2.24) is 30.0 Å². The summed E-state index contributed by atoms with van der Waals surface area (Å²) in [5.41, 5.74) is 2.77. The van der Waals surface area contributed by atoms with Crippen molar-refractivity contribution in [2.75, 3.05) is 5.32 Å². The lowest BCUT2D eigenvalue weighted by Gasteiger charge is -2.11. The highest BCUT2D eigenvalue weighted by molar-refractivity contribution is 6.03. The number of nitro benzene ring substituents is 1. The number of amides is 1. The third-order valence-corrected chi connectivity index (χ3v) is 5.56. The smallest absolute Gasteiger partial charge is 0.276 e. The molecule has 0 saturated carbocycles. The molecule has 12 nitrogen and oxygen atoms in total. The molecule has 0 aliphatic rings. The minimum Gasteiger partial charge on any atom is -0.457 e. The van der Waals surface area contributed by atoms with Crippen LogP contribution in [-0.2, 0) is 6.67 Å². The first kappa shape index (κ1) is 24.3. The number of hydrogen-bond acceptors (Lipinski definition) is 8. The van der Waals surface area contributed by atoms with Crippen LogP contribution in [-0.4, -0.2) is 40.8 Å². The van der Waals surface area contributed by atoms with E-state index in [9.17, 15) is 14.9 Å². The summed E-state index contributed by atoms with van der Waals surface area (Å²) >= 11 is 0. The molecule has 0 aliphatic carbocycles. The van der Waals surface area contributed by atoms with Crippen LogP contribution in [0.5, 0.6) is 11.5 Å². The monoisotopic (exact) mass is 510 g/mol. The first-order chi connectivity index (χ1) is 18.3. The van der Waals surface area contributed by atoms with Crippen molar-refractivity contribution < 1.29 is 14.5 Å². The fourth-order valence-corrected chi connectivity index (χ4v) is 3.66. The second-order valence-electron chi connectivity index (χ2n) is 8.53. The van der Waals surface area contributed by atoms with Crippen LogP contribution in [0.4, 0.5) is 11.4 Å². The Morgan fingerprint density at radius 2 is 1.84 bits per heavy atom. The number of rotatable bonds is 8. The summed E-state index contributed by atoms with van der Waals surface area (Å²) in [6.07, 6.45) is 1.60. The van der Waals surface area contributed by atoms with Crippen LogP contribution in [0.15, 0.2) is 79.0 Å². The average molecular weight is 511 g/mol. The zero-order valence-corrected chi connectivity index (χ0v) is 20.5. The molecule has 3 aromatic carbocycles. The van der Waals surface area contributed by atoms with E-state index >= 15 is 0 Å². The number of carbonyl (C=O) groups is 1. The van der Waals surface area contributed by atoms with Crippen molar-refractivity contribution in [1.29, 1.82) is 0 Å². The molecule has 5 aromatic rings. The van der Waals surface area contributed by atoms with Crippen molar-refractivity contribution in [3.63, 3.8) is 0 Å². The Bertz CT molecular complexity index is 1630. The number of anilines is 1. The summed E-state index contributed by atoms with van der Waals surface area (Å²) < 4.78 is 7.40. The van der Waals surface area contributed by atoms with E-state index in [2.05, 4.69) is 25.8 Å². The van der Waals surface area contributed by atoms with Gasteiger partial charge in [-0.2, -0.15) is 5.10 Å². The topological polar surface area (TPSA) is 143 Å². The molecule has 190 valence electrons. The molecule has 2 heterocycles. The van der Waals surface area contributed by atoms with E-state index in [0.29, 0.717) is 11.6 Å². The van der Waals surface area contributed by atoms with Crippen LogP contribution in [0.1, 0.15) is 21.6 Å². The summed E-state index contributed by atoms with van der Waals surface area (Å²) in [5, 5.41) is 30.8. The van der Waals surface area contributed by atoms with Gasteiger partial charge in [0.15, 0.2) is 12.4 Å². The van der Waals surface area contributed by atoms with Crippen LogP contribution >= 0.6 is 0 Å². The number of benzene rings is 3. The standard InChI is InChI=1S/C26H22N8O4/c1-17-8-9-18(2)24(12-17)38-22-14-20(13-21(15-22)34(36)37)27-26(35)23-10-11-32(29-23)16-33-30-25(28-31-33)19-6-4-3-5-7-19/h3-15H,16H2,1-2H3,(H,27,35). The number of carbonyl (C=O) groups excluding carboxylic acids is 1. The molecular formula is C26H22N8O4. The molecule has 0 saturated heterocycles. The second kappa shape index (κ2) is 10.3. The average Bonchev–Trinajstić information content (AvgIpc) is 3.57. The summed E-state index contributed by atoms with van der Waals surface area (Å²) in [4.78, 5) is 25.2. The highest BCUT2D eigenvalue weighted by atomic mass is 16.6. The lowest BCUT2D eigenvalue weighted by Crippen LogP contribution is -2.16. The number of ether oxygens (including phenoxy) is 1. The quantitative estimate of drug-likeness (QED) is 0.235. The fraction of sp³-hybridized carbons (Fsp3) is 0.115. The minimum atomic E-state index is -0.546. The van der Waals surface area contributed by atoms with Gasteiger partial charge in [-0.3, -0.25) is 14.9 Å². The maximum atomic E-state index is 12.9. The van der Waals surface area contributed by atoms with Gasteiger partial charge < -0.3 is 10.1 Å². The molecule has 1 N–H and O–H groups in total. The largest absolute Gasteiger partial charge is 0.457 e. The number of non-ortho nitro benzene ring substituents is 1. The minimum absolute atomic E-state index is 0.108. The zero-order valence-electron chi connectivity index (χ0n) is 20.5. The molecule has 0 fully saturated rings. The third kappa shape index (κ3) is 5.54. The molecule has 2 aromatic heterocycles. The van der Waals surface area contributed by atoms with Gasteiger partial charge in [-0.1, -0.05) is 42.5 Å². The molecular weight excluding hydrogens is 488 g/mol. The van der Waals surface area contributed by atoms with Crippen LogP contribution in [0.3, 0.4) is 0 Å². The number of aromatic nitrogens is 6. The summed E-state index contributed by atoms with van der Waals surface area (Å²) in [7, 11) is 0. The second-order valence-corrected chi connectivity index (χ2v) is 8.53. The van der Waals surface area contributed by atoms with E-state index in [0.717, 1.165) is 16.7 Å². The molecule has 0 unspecified atom stereocenters. The fourth-order valence-electron chi connectivity index (χ4n) is 3.66. The van der Waals surface area contributed by atoms with Crippen LogP contribution < -0.4 is 10.1 Å². The highest BCUT2D eigenvalue weighted by Crippen LogP contribution is 2.32. The summed E-state index contributed by atoms with van der Waals surface area (Å²) in [6, 6.07) is 20.7. The van der Waals surface area contributed by atoms with Crippen molar-refractivity contribution in [3.8, 4) is 22.9 Å². The first-order valence-corrected chi connectivity index (χ1v) is 11.6. The van der Waals surface area contributed by atoms with Crippen molar-refractivity contribution in [2.24, 2.45) is 0 Å². The van der Waals surface area contributed by atoms with E-state index < -0.39 is 10.8 Å². The number of nitrogens with one attached hydrogen (secondary N) is 1. The van der Waals surface area contributed by atoms with E-state index in [1.807, 2.05) is 62.4 Å². The molecule has 38 heavy (non-hydrogen) atoms. The van der Waals surface area contributed by atoms with Gasteiger partial charge in [0.2, 0.25) is 5.82 Å². The molecule has 12 heteroatoms. The van der Waals surface area contributed by atoms with Gasteiger partial charge in [-0.05, 0) is 42.3 Å². The predicted molar refractivity (Wildman–Crippen MR) is 138 cm³/mol. The van der Waals surface area contributed by atoms with Crippen molar-refractivity contribution in [3.05, 3.63) is 106 Å². The molecule has 5 rings (SSSR count). The number of nitro groups is 1. The molecule has 0 spiro atoms. The first-order valence-electron chi connectivity index (χ1n) is 11.6. The van der Waals surface area contributed by atoms with Crippen LogP contribution in [0, 0.1) is 24.0 Å². The van der Waals surface area contributed by atoms with E-state index in [1.54, 1.807) is 6.20 Å². The van der Waals surface area contributed by atoms with Gasteiger partial charge >= 0.3 is 0 Å². The number of tetrazole rings is 1. The molecule has 0 aliphatic heterocycles. The highest BCUT2D eigenvalue weighted by Gasteiger charge is 2.16. The number of aryl methyl sites for hydroxylation is 2.